The Bertz CT molecular complexity index is 721. The van der Waals surface area contributed by atoms with Crippen LogP contribution in [0.15, 0.2) is 17.7 Å². The van der Waals surface area contributed by atoms with Crippen molar-refractivity contribution < 1.29 is 9.16 Å². The van der Waals surface area contributed by atoms with Crippen molar-refractivity contribution in [2.45, 2.75) is 105 Å². The predicted octanol–water partition coefficient (Wildman–Crippen LogP) is 7.52. The number of hydrogen-bond acceptors (Lipinski definition) is 2. The second-order valence-corrected chi connectivity index (χ2v) is 15.1. The molecule has 1 unspecified atom stereocenters. The summed E-state index contributed by atoms with van der Waals surface area (Å²) in [6, 6.07) is 2.26. The number of ether oxygens (including phenoxy) is 1. The molecule has 0 saturated heterocycles. The summed E-state index contributed by atoms with van der Waals surface area (Å²) in [5.74, 6) is 2.16. The van der Waals surface area contributed by atoms with Gasteiger partial charge in [0.25, 0.3) is 0 Å². The lowest BCUT2D eigenvalue weighted by atomic mass is 9.87. The van der Waals surface area contributed by atoms with Crippen LogP contribution in [0.5, 0.6) is 11.5 Å². The van der Waals surface area contributed by atoms with Crippen LogP contribution < -0.4 is 9.16 Å². The fourth-order valence-electron chi connectivity index (χ4n) is 3.33. The topological polar surface area (TPSA) is 18.5 Å². The van der Waals surface area contributed by atoms with E-state index in [9.17, 15) is 0 Å². The lowest BCUT2D eigenvalue weighted by Crippen LogP contribution is -2.44. The summed E-state index contributed by atoms with van der Waals surface area (Å²) in [5, 5.41) is 0.198. The largest absolute Gasteiger partial charge is 0.543 e. The second kappa shape index (κ2) is 7.65. The summed E-state index contributed by atoms with van der Waals surface area (Å²) in [4.78, 5) is 0. The van der Waals surface area contributed by atoms with Crippen molar-refractivity contribution >= 4 is 8.32 Å². The maximum atomic E-state index is 6.66. The van der Waals surface area contributed by atoms with E-state index in [2.05, 4.69) is 80.6 Å². The van der Waals surface area contributed by atoms with Gasteiger partial charge in [-0.1, -0.05) is 32.4 Å². The summed E-state index contributed by atoms with van der Waals surface area (Å²) < 4.78 is 13.3. The number of allylic oxidation sites excluding steroid dienone is 2. The van der Waals surface area contributed by atoms with E-state index >= 15 is 0 Å². The Balaban J connectivity index is 2.29. The fraction of sp³-hybridized carbons (Fsp3) is 0.667. The van der Waals surface area contributed by atoms with Crippen LogP contribution in [0.2, 0.25) is 18.1 Å². The van der Waals surface area contributed by atoms with Crippen LogP contribution in [0.1, 0.15) is 77.5 Å². The molecule has 152 valence electrons. The van der Waals surface area contributed by atoms with E-state index < -0.39 is 8.32 Å². The van der Waals surface area contributed by atoms with Crippen molar-refractivity contribution in [2.75, 3.05) is 0 Å². The first-order valence-corrected chi connectivity index (χ1v) is 13.3. The maximum Gasteiger partial charge on any atom is 0.250 e. The highest BCUT2D eigenvalue weighted by atomic mass is 28.4. The van der Waals surface area contributed by atoms with Gasteiger partial charge < -0.3 is 9.16 Å². The third-order valence-electron chi connectivity index (χ3n) is 6.54. The Morgan fingerprint density at radius 1 is 1.22 bits per heavy atom. The summed E-state index contributed by atoms with van der Waals surface area (Å²) in [6.45, 7) is 22.5. The van der Waals surface area contributed by atoms with Gasteiger partial charge in [-0.05, 0) is 101 Å². The van der Waals surface area contributed by atoms with Crippen LogP contribution in [-0.2, 0) is 6.42 Å². The van der Waals surface area contributed by atoms with Gasteiger partial charge >= 0.3 is 0 Å². The molecule has 2 rings (SSSR count). The summed E-state index contributed by atoms with van der Waals surface area (Å²) >= 11 is 0. The molecule has 0 amide bonds. The Kier molecular flexibility index (Phi) is 6.26. The zero-order valence-electron chi connectivity index (χ0n) is 19.3. The van der Waals surface area contributed by atoms with Gasteiger partial charge in [-0.15, -0.1) is 0 Å². The fourth-order valence-corrected chi connectivity index (χ4v) is 4.40. The lowest BCUT2D eigenvalue weighted by Gasteiger charge is -2.39. The van der Waals surface area contributed by atoms with E-state index in [-0.39, 0.29) is 10.6 Å². The first kappa shape index (κ1) is 22.1. The number of aryl methyl sites for hydroxylation is 1. The number of benzene rings is 1. The molecule has 1 atom stereocenters. The van der Waals surface area contributed by atoms with Gasteiger partial charge in [-0.25, -0.2) is 0 Å². The normalized spacial score (nSPS) is 19.9. The first-order chi connectivity index (χ1) is 12.3. The van der Waals surface area contributed by atoms with E-state index in [0.29, 0.717) is 0 Å². The van der Waals surface area contributed by atoms with Crippen LogP contribution >= 0.6 is 0 Å². The Morgan fingerprint density at radius 3 is 2.41 bits per heavy atom. The molecular formula is C24H40O2Si. The third-order valence-corrected chi connectivity index (χ3v) is 10.9. The molecule has 0 fully saturated rings. The highest BCUT2D eigenvalue weighted by Crippen LogP contribution is 2.44. The molecule has 0 bridgehead atoms. The summed E-state index contributed by atoms with van der Waals surface area (Å²) in [5.41, 5.74) is 5.10. The van der Waals surface area contributed by atoms with Crippen LogP contribution in [0, 0.1) is 13.8 Å². The minimum Gasteiger partial charge on any atom is -0.543 e. The van der Waals surface area contributed by atoms with E-state index in [4.69, 9.17) is 9.16 Å². The molecule has 1 heterocycles. The molecule has 0 aliphatic carbocycles. The van der Waals surface area contributed by atoms with Gasteiger partial charge in [0, 0.05) is 0 Å². The number of fused-ring (bicyclic) bond motifs is 1. The van der Waals surface area contributed by atoms with Gasteiger partial charge in [0.2, 0.25) is 8.32 Å². The highest BCUT2D eigenvalue weighted by molar-refractivity contribution is 6.74. The molecule has 27 heavy (non-hydrogen) atoms. The van der Waals surface area contributed by atoms with Gasteiger partial charge in [0.15, 0.2) is 0 Å². The van der Waals surface area contributed by atoms with Crippen molar-refractivity contribution in [2.24, 2.45) is 0 Å². The maximum absolute atomic E-state index is 6.66. The van der Waals surface area contributed by atoms with E-state index in [1.807, 2.05) is 0 Å². The average molecular weight is 389 g/mol. The highest BCUT2D eigenvalue weighted by Gasteiger charge is 2.40. The molecule has 1 aliphatic rings. The quantitative estimate of drug-likeness (QED) is 0.383. The first-order valence-electron chi connectivity index (χ1n) is 10.4. The molecular weight excluding hydrogens is 348 g/mol. The molecule has 0 N–H and O–H groups in total. The van der Waals surface area contributed by atoms with Crippen molar-refractivity contribution in [3.8, 4) is 11.5 Å². The SMILES string of the molecule is CC(C)=CCCC1(C)CCc2cc(O[Si](C)(C)C(C)(C)C)c(C)c(C)c2O1. The van der Waals surface area contributed by atoms with Crippen LogP contribution in [-0.4, -0.2) is 13.9 Å². The molecule has 0 saturated carbocycles. The monoisotopic (exact) mass is 388 g/mol. The van der Waals surface area contributed by atoms with E-state index in [0.717, 1.165) is 37.2 Å². The van der Waals surface area contributed by atoms with Crippen LogP contribution in [0.3, 0.4) is 0 Å². The summed E-state index contributed by atoms with van der Waals surface area (Å²) in [7, 11) is -1.85. The predicted molar refractivity (Wildman–Crippen MR) is 120 cm³/mol. The minimum atomic E-state index is -1.85. The number of rotatable bonds is 5. The summed E-state index contributed by atoms with van der Waals surface area (Å²) in [6.07, 6.45) is 6.60. The minimum absolute atomic E-state index is 0.0715. The van der Waals surface area contributed by atoms with E-state index in [1.165, 1.54) is 22.3 Å². The Morgan fingerprint density at radius 2 is 1.85 bits per heavy atom. The number of hydrogen-bond donors (Lipinski definition) is 0. The van der Waals surface area contributed by atoms with Crippen molar-refractivity contribution in [3.63, 3.8) is 0 Å². The zero-order chi connectivity index (χ0) is 20.6. The van der Waals surface area contributed by atoms with Crippen LogP contribution in [0.4, 0.5) is 0 Å². The van der Waals surface area contributed by atoms with Crippen LogP contribution in [0.25, 0.3) is 0 Å². The zero-order valence-corrected chi connectivity index (χ0v) is 20.3. The van der Waals surface area contributed by atoms with Crippen molar-refractivity contribution in [1.82, 2.24) is 0 Å². The van der Waals surface area contributed by atoms with Gasteiger partial charge in [-0.3, -0.25) is 0 Å². The van der Waals surface area contributed by atoms with Gasteiger partial charge in [0.1, 0.15) is 17.1 Å². The standard InChI is InChI=1S/C24H40O2Si/c1-17(2)12-11-14-24(8)15-13-20-16-21(18(3)19(4)22(20)25-24)26-27(9,10)23(5,6)7/h12,16H,11,13-15H2,1-10H3. The second-order valence-electron chi connectivity index (χ2n) is 10.3. The molecule has 3 heteroatoms. The Hall–Kier alpha value is -1.22. The average Bonchev–Trinajstić information content (AvgIpc) is 2.51. The molecule has 2 nitrogen and oxygen atoms in total. The molecule has 1 aliphatic heterocycles. The molecule has 0 aromatic heterocycles. The molecule has 0 radical (unpaired) electrons. The third kappa shape index (κ3) is 4.99. The Labute approximate surface area is 168 Å². The molecule has 1 aromatic carbocycles. The molecule has 1 aromatic rings. The van der Waals surface area contributed by atoms with Gasteiger partial charge in [0.05, 0.1) is 0 Å². The van der Waals surface area contributed by atoms with Crippen molar-refractivity contribution in [3.05, 3.63) is 34.4 Å². The smallest absolute Gasteiger partial charge is 0.250 e. The van der Waals surface area contributed by atoms with E-state index in [1.54, 1.807) is 0 Å². The lowest BCUT2D eigenvalue weighted by molar-refractivity contribution is 0.0561. The molecule has 0 spiro atoms. The van der Waals surface area contributed by atoms with Gasteiger partial charge in [-0.2, -0.15) is 0 Å². The van der Waals surface area contributed by atoms with Crippen molar-refractivity contribution in [1.29, 1.82) is 0 Å².